The molecule has 0 amide bonds. The van der Waals surface area contributed by atoms with Gasteiger partial charge in [-0.15, -0.1) is 0 Å². The Morgan fingerprint density at radius 1 is 1.19 bits per heavy atom. The first-order valence-corrected chi connectivity index (χ1v) is 12.6. The first-order valence-electron chi connectivity index (χ1n) is 8.11. The van der Waals surface area contributed by atoms with Crippen LogP contribution < -0.4 is 11.2 Å². The van der Waals surface area contributed by atoms with Crippen molar-refractivity contribution < 1.29 is 65.0 Å². The van der Waals surface area contributed by atoms with Gasteiger partial charge in [0.1, 0.15) is 12.2 Å². The zero-order valence-electron chi connectivity index (χ0n) is 15.8. The Balaban J connectivity index is 2.25. The van der Waals surface area contributed by atoms with E-state index in [-0.39, 0.29) is 4.57 Å². The van der Waals surface area contributed by atoms with Crippen LogP contribution in [0, 0.1) is 5.82 Å². The molecule has 0 aromatic carbocycles. The van der Waals surface area contributed by atoms with Crippen molar-refractivity contribution in [2.75, 3.05) is 0 Å². The maximum absolute atomic E-state index is 15.1. The summed E-state index contributed by atoms with van der Waals surface area (Å²) in [5.74, 6) is -1.50. The Bertz CT molecular complexity index is 1130. The van der Waals surface area contributed by atoms with E-state index in [1.807, 2.05) is 0 Å². The number of rotatable bonds is 8. The fourth-order valence-corrected chi connectivity index (χ4v) is 5.93. The van der Waals surface area contributed by atoms with E-state index in [1.165, 1.54) is 4.98 Å². The number of hydrogen-bond acceptors (Lipinski definition) is 10. The molecule has 2 heterocycles. The van der Waals surface area contributed by atoms with Gasteiger partial charge in [0.25, 0.3) is 5.56 Å². The molecule has 0 radical (unpaired) electrons. The molecule has 1 aliphatic rings. The van der Waals surface area contributed by atoms with Crippen LogP contribution in [0.3, 0.4) is 0 Å². The molecule has 32 heavy (non-hydrogen) atoms. The van der Waals surface area contributed by atoms with Gasteiger partial charge in [-0.05, 0) is 13.8 Å². The van der Waals surface area contributed by atoms with Crippen LogP contribution in [0.2, 0.25) is 0 Å². The van der Waals surface area contributed by atoms with Crippen molar-refractivity contribution in [1.82, 2.24) is 9.55 Å². The third-order valence-electron chi connectivity index (χ3n) is 4.01. The number of phosphoric acid groups is 3. The number of aliphatic hydroxyl groups is 1. The minimum Gasteiger partial charge on any atom is -0.387 e. The standard InChI is InChI=1S/C11H17F2N2O14P3/c1-4(27-31(22,23)29-32(24,25)28-30(19,20)21)6-7(16)11(2,13)9(26-6)15-3-5(12)8(17)14-10(15)18/h3-4,6-7,9,16H,1-2H3,(H,22,23)(H,24,25)(H,14,17,18)(H2,19,20,21)/t4?,6-,7?,9-,11-/m1/s1. The van der Waals surface area contributed by atoms with E-state index in [2.05, 4.69) is 13.1 Å². The van der Waals surface area contributed by atoms with E-state index < -0.39 is 70.7 Å². The Morgan fingerprint density at radius 2 is 1.75 bits per heavy atom. The van der Waals surface area contributed by atoms with Crippen LogP contribution in [-0.2, 0) is 31.6 Å². The highest BCUT2D eigenvalue weighted by Crippen LogP contribution is 2.66. The molecular weight excluding hydrogens is 515 g/mol. The van der Waals surface area contributed by atoms with E-state index in [4.69, 9.17) is 19.4 Å². The second-order valence-corrected chi connectivity index (χ2v) is 11.0. The summed E-state index contributed by atoms with van der Waals surface area (Å²) in [7, 11) is -17.1. The average molecular weight is 532 g/mol. The van der Waals surface area contributed by atoms with Gasteiger partial charge in [0, 0.05) is 0 Å². The molecule has 0 spiro atoms. The van der Waals surface area contributed by atoms with Crippen LogP contribution >= 0.6 is 23.5 Å². The number of phosphoric ester groups is 1. The molecule has 184 valence electrons. The monoisotopic (exact) mass is 532 g/mol. The number of aliphatic hydroxyl groups excluding tert-OH is 1. The van der Waals surface area contributed by atoms with Crippen LogP contribution in [0.15, 0.2) is 15.8 Å². The molecule has 0 saturated carbocycles. The topological polar surface area (TPSA) is 244 Å². The van der Waals surface area contributed by atoms with Crippen LogP contribution in [0.25, 0.3) is 0 Å². The number of H-pyrrole nitrogens is 1. The number of aromatic amines is 1. The summed E-state index contributed by atoms with van der Waals surface area (Å²) in [6.45, 7) is 1.61. The minimum absolute atomic E-state index is 0.261. The molecule has 0 bridgehead atoms. The predicted molar refractivity (Wildman–Crippen MR) is 95.1 cm³/mol. The fourth-order valence-electron chi connectivity index (χ4n) is 2.73. The Labute approximate surface area is 175 Å². The highest BCUT2D eigenvalue weighted by atomic mass is 31.3. The van der Waals surface area contributed by atoms with Crippen molar-refractivity contribution in [1.29, 1.82) is 0 Å². The van der Waals surface area contributed by atoms with Crippen molar-refractivity contribution in [3.8, 4) is 0 Å². The Hall–Kier alpha value is -1.13. The molecule has 1 saturated heterocycles. The molecule has 1 fully saturated rings. The summed E-state index contributed by atoms with van der Waals surface area (Å²) in [4.78, 5) is 60.2. The molecule has 1 aliphatic heterocycles. The second-order valence-electron chi connectivity index (χ2n) is 6.59. The fraction of sp³-hybridized carbons (Fsp3) is 0.636. The molecule has 7 atom stereocenters. The zero-order chi connectivity index (χ0) is 24.9. The number of nitrogens with one attached hydrogen (secondary N) is 1. The molecule has 1 aromatic rings. The van der Waals surface area contributed by atoms with Crippen molar-refractivity contribution in [3.63, 3.8) is 0 Å². The van der Waals surface area contributed by atoms with Crippen molar-refractivity contribution in [3.05, 3.63) is 32.9 Å². The van der Waals surface area contributed by atoms with E-state index in [0.29, 0.717) is 6.20 Å². The molecule has 4 unspecified atom stereocenters. The molecule has 16 nitrogen and oxygen atoms in total. The molecule has 21 heteroatoms. The zero-order valence-corrected chi connectivity index (χ0v) is 18.5. The summed E-state index contributed by atoms with van der Waals surface area (Å²) < 4.78 is 79.4. The highest BCUT2D eigenvalue weighted by Gasteiger charge is 2.58. The summed E-state index contributed by atoms with van der Waals surface area (Å²) in [5, 5.41) is 10.2. The number of alkyl halides is 1. The highest BCUT2D eigenvalue weighted by molar-refractivity contribution is 7.66. The van der Waals surface area contributed by atoms with Gasteiger partial charge in [-0.25, -0.2) is 22.9 Å². The van der Waals surface area contributed by atoms with Gasteiger partial charge in [-0.2, -0.15) is 13.0 Å². The van der Waals surface area contributed by atoms with Gasteiger partial charge in [0.05, 0.1) is 12.3 Å². The molecule has 6 N–H and O–H groups in total. The van der Waals surface area contributed by atoms with E-state index in [9.17, 15) is 37.7 Å². The first kappa shape index (κ1) is 27.1. The van der Waals surface area contributed by atoms with Crippen molar-refractivity contribution >= 4 is 23.5 Å². The third-order valence-corrected chi connectivity index (χ3v) is 7.94. The number of nitrogens with zero attached hydrogens (tertiary/aromatic N) is 1. The lowest BCUT2D eigenvalue weighted by Gasteiger charge is -2.26. The van der Waals surface area contributed by atoms with Crippen LogP contribution in [0.1, 0.15) is 20.1 Å². The SMILES string of the molecule is CC(OP(=O)(O)OP(=O)(O)OP(=O)(O)O)[C@H]1O[C@@H](n2cc(F)c(=O)[nH]c2=O)[C@](C)(F)C1O. The maximum Gasteiger partial charge on any atom is 0.490 e. The van der Waals surface area contributed by atoms with Gasteiger partial charge in [0.15, 0.2) is 11.9 Å². The quantitative estimate of drug-likeness (QED) is 0.229. The normalized spacial score (nSPS) is 31.1. The van der Waals surface area contributed by atoms with Crippen LogP contribution in [-0.4, -0.2) is 58.2 Å². The second kappa shape index (κ2) is 8.91. The summed E-state index contributed by atoms with van der Waals surface area (Å²) in [6, 6.07) is 0. The molecule has 2 rings (SSSR count). The first-order chi connectivity index (χ1) is 14.3. The molecule has 0 aliphatic carbocycles. The summed E-state index contributed by atoms with van der Waals surface area (Å²) in [5.41, 5.74) is -5.60. The third kappa shape index (κ3) is 6.26. The lowest BCUT2D eigenvalue weighted by molar-refractivity contribution is -0.0808. The van der Waals surface area contributed by atoms with Gasteiger partial charge in [-0.1, -0.05) is 0 Å². The largest absolute Gasteiger partial charge is 0.490 e. The number of aromatic nitrogens is 2. The lowest BCUT2D eigenvalue weighted by atomic mass is 9.96. The van der Waals surface area contributed by atoms with Gasteiger partial charge in [0.2, 0.25) is 5.82 Å². The van der Waals surface area contributed by atoms with Gasteiger partial charge in [-0.3, -0.25) is 18.9 Å². The van der Waals surface area contributed by atoms with Crippen LogP contribution in [0.5, 0.6) is 0 Å². The lowest BCUT2D eigenvalue weighted by Crippen LogP contribution is -2.45. The van der Waals surface area contributed by atoms with Crippen molar-refractivity contribution in [2.24, 2.45) is 0 Å². The Morgan fingerprint density at radius 3 is 2.28 bits per heavy atom. The number of ether oxygens (including phenoxy) is 1. The molecular formula is C11H17F2N2O14P3. The summed E-state index contributed by atoms with van der Waals surface area (Å²) in [6.07, 6.45) is -7.72. The summed E-state index contributed by atoms with van der Waals surface area (Å²) >= 11 is 0. The minimum atomic E-state index is -5.84. The smallest absolute Gasteiger partial charge is 0.387 e. The molecule has 1 aromatic heterocycles. The maximum atomic E-state index is 15.1. The van der Waals surface area contributed by atoms with Crippen molar-refractivity contribution in [2.45, 2.75) is 44.1 Å². The van der Waals surface area contributed by atoms with E-state index in [0.717, 1.165) is 13.8 Å². The number of halogens is 2. The number of hydrogen-bond donors (Lipinski definition) is 6. The van der Waals surface area contributed by atoms with E-state index in [1.54, 1.807) is 0 Å². The predicted octanol–water partition coefficient (Wildman–Crippen LogP) is -0.606. The van der Waals surface area contributed by atoms with E-state index >= 15 is 4.39 Å². The Kier molecular flexibility index (Phi) is 7.55. The average Bonchev–Trinajstić information content (AvgIpc) is 2.77. The van der Waals surface area contributed by atoms with Gasteiger partial charge >= 0.3 is 29.2 Å². The van der Waals surface area contributed by atoms with Gasteiger partial charge < -0.3 is 29.4 Å². The van der Waals surface area contributed by atoms with Crippen LogP contribution in [0.4, 0.5) is 8.78 Å².